The minimum atomic E-state index is -2.65. The van der Waals surface area contributed by atoms with Crippen LogP contribution >= 0.6 is 0 Å². The second-order valence-electron chi connectivity index (χ2n) is 9.72. The van der Waals surface area contributed by atoms with Crippen molar-refractivity contribution >= 4 is 6.16 Å². The first kappa shape index (κ1) is 22.7. The molecule has 1 saturated heterocycles. The van der Waals surface area contributed by atoms with E-state index in [1.54, 1.807) is 26.8 Å². The molecular weight excluding hydrogens is 416 g/mol. The van der Waals surface area contributed by atoms with E-state index in [-0.39, 0.29) is 18.9 Å². The maximum atomic E-state index is 13.7. The lowest BCUT2D eigenvalue weighted by molar-refractivity contribution is -0.0486. The Morgan fingerprint density at radius 3 is 2.44 bits per heavy atom. The monoisotopic (exact) mass is 445 g/mol. The highest BCUT2D eigenvalue weighted by Crippen LogP contribution is 2.36. The number of aliphatic hydroxyl groups is 1. The summed E-state index contributed by atoms with van der Waals surface area (Å²) in [6, 6.07) is 13.1. The number of halogens is 2. The van der Waals surface area contributed by atoms with E-state index in [1.807, 2.05) is 36.4 Å². The highest BCUT2D eigenvalue weighted by molar-refractivity contribution is 5.66. The minimum Gasteiger partial charge on any atom is -0.429 e. The maximum absolute atomic E-state index is 13.7. The van der Waals surface area contributed by atoms with Crippen molar-refractivity contribution in [1.82, 2.24) is 5.32 Å². The van der Waals surface area contributed by atoms with E-state index >= 15 is 0 Å². The predicted molar refractivity (Wildman–Crippen MR) is 117 cm³/mol. The lowest BCUT2D eigenvalue weighted by atomic mass is 9.97. The summed E-state index contributed by atoms with van der Waals surface area (Å²) in [5.74, 6) is -2.65. The van der Waals surface area contributed by atoms with E-state index < -0.39 is 29.9 Å². The molecule has 1 heterocycles. The van der Waals surface area contributed by atoms with E-state index in [0.29, 0.717) is 18.5 Å². The normalized spacial score (nSPS) is 24.2. The third-order valence-electron chi connectivity index (χ3n) is 5.86. The summed E-state index contributed by atoms with van der Waals surface area (Å²) < 4.78 is 37.7. The second-order valence-corrected chi connectivity index (χ2v) is 9.72. The number of nitrogens with one attached hydrogen (secondary N) is 1. The van der Waals surface area contributed by atoms with Crippen molar-refractivity contribution in [2.75, 3.05) is 6.54 Å². The summed E-state index contributed by atoms with van der Waals surface area (Å²) in [6.45, 7) is 5.61. The standard InChI is InChI=1S/C25H29F2NO4/c1-24(2,3)32-23(30)31-21-14-28-20(22(21)29)10-15-4-6-16(7-5-15)17-8-9-18-12-25(26,27)13-19(18)11-17/h4-9,11,20-22,28-29H,10,12-14H2,1-3H3/t20-,21+,22+/m1/s1. The molecule has 0 saturated carbocycles. The van der Waals surface area contributed by atoms with Crippen LogP contribution in [0.2, 0.25) is 0 Å². The van der Waals surface area contributed by atoms with Gasteiger partial charge < -0.3 is 19.9 Å². The SMILES string of the molecule is CC(C)(C)OC(=O)O[C@H]1CN[C@H](Cc2ccc(-c3ccc4c(c3)CC(F)(F)C4)cc2)[C@@H]1O. The van der Waals surface area contributed by atoms with Crippen LogP contribution in [0.5, 0.6) is 0 Å². The van der Waals surface area contributed by atoms with Crippen molar-refractivity contribution in [3.05, 3.63) is 59.2 Å². The van der Waals surface area contributed by atoms with Crippen molar-refractivity contribution in [2.45, 2.75) is 69.8 Å². The molecule has 4 rings (SSSR count). The van der Waals surface area contributed by atoms with E-state index in [0.717, 1.165) is 22.3 Å². The number of rotatable bonds is 4. The maximum Gasteiger partial charge on any atom is 0.509 e. The van der Waals surface area contributed by atoms with Crippen LogP contribution in [0.1, 0.15) is 37.5 Å². The van der Waals surface area contributed by atoms with Crippen molar-refractivity contribution in [1.29, 1.82) is 0 Å². The van der Waals surface area contributed by atoms with Crippen LogP contribution in [0.4, 0.5) is 13.6 Å². The molecule has 0 spiro atoms. The number of ether oxygens (including phenoxy) is 2. The number of aliphatic hydroxyl groups excluding tert-OH is 1. The Kier molecular flexibility index (Phi) is 5.98. The molecule has 5 nitrogen and oxygen atoms in total. The van der Waals surface area contributed by atoms with Crippen molar-refractivity contribution in [3.8, 4) is 11.1 Å². The molecule has 0 aromatic heterocycles. The molecule has 2 aliphatic rings. The Hall–Kier alpha value is -2.51. The summed E-state index contributed by atoms with van der Waals surface area (Å²) in [5.41, 5.74) is 3.66. The number of carbonyl (C=O) groups excluding carboxylic acids is 1. The zero-order valence-electron chi connectivity index (χ0n) is 18.5. The average molecular weight is 446 g/mol. The van der Waals surface area contributed by atoms with Gasteiger partial charge in [-0.2, -0.15) is 0 Å². The molecule has 7 heteroatoms. The molecule has 0 radical (unpaired) electrons. The second kappa shape index (κ2) is 8.45. The number of benzene rings is 2. The molecule has 3 atom stereocenters. The van der Waals surface area contributed by atoms with Crippen molar-refractivity contribution < 1.29 is 28.2 Å². The van der Waals surface area contributed by atoms with Crippen LogP contribution < -0.4 is 5.32 Å². The Morgan fingerprint density at radius 1 is 1.09 bits per heavy atom. The predicted octanol–water partition coefficient (Wildman–Crippen LogP) is 4.28. The fraction of sp³-hybridized carbons (Fsp3) is 0.480. The van der Waals surface area contributed by atoms with Gasteiger partial charge in [0.05, 0.1) is 0 Å². The third kappa shape index (κ3) is 5.27. The largest absolute Gasteiger partial charge is 0.509 e. The topological polar surface area (TPSA) is 67.8 Å². The van der Waals surface area contributed by atoms with Gasteiger partial charge in [0.25, 0.3) is 5.92 Å². The molecule has 2 aromatic carbocycles. The fourth-order valence-electron chi connectivity index (χ4n) is 4.32. The van der Waals surface area contributed by atoms with E-state index in [9.17, 15) is 18.7 Å². The average Bonchev–Trinajstić information content (AvgIpc) is 3.18. The summed E-state index contributed by atoms with van der Waals surface area (Å²) in [5, 5.41) is 13.8. The highest BCUT2D eigenvalue weighted by atomic mass is 19.3. The molecular formula is C25H29F2NO4. The lowest BCUT2D eigenvalue weighted by Crippen LogP contribution is -2.37. The zero-order chi connectivity index (χ0) is 23.1. The van der Waals surface area contributed by atoms with Crippen LogP contribution in [0.25, 0.3) is 11.1 Å². The van der Waals surface area contributed by atoms with Crippen LogP contribution in [0.15, 0.2) is 42.5 Å². The molecule has 2 N–H and O–H groups in total. The first-order chi connectivity index (χ1) is 15.0. The van der Waals surface area contributed by atoms with Crippen LogP contribution in [-0.2, 0) is 28.7 Å². The van der Waals surface area contributed by atoms with Crippen molar-refractivity contribution in [3.63, 3.8) is 0 Å². The van der Waals surface area contributed by atoms with Gasteiger partial charge in [0.1, 0.15) is 17.8 Å². The van der Waals surface area contributed by atoms with Gasteiger partial charge in [-0.3, -0.25) is 0 Å². The summed E-state index contributed by atoms with van der Waals surface area (Å²) in [6.07, 6.45) is -2.13. The van der Waals surface area contributed by atoms with Gasteiger partial charge >= 0.3 is 6.16 Å². The quantitative estimate of drug-likeness (QED) is 0.688. The first-order valence-corrected chi connectivity index (χ1v) is 10.9. The number of carbonyl (C=O) groups is 1. The van der Waals surface area contributed by atoms with Crippen LogP contribution in [0, 0.1) is 0 Å². The van der Waals surface area contributed by atoms with Gasteiger partial charge in [-0.25, -0.2) is 13.6 Å². The van der Waals surface area contributed by atoms with Gasteiger partial charge in [0.2, 0.25) is 0 Å². The van der Waals surface area contributed by atoms with Gasteiger partial charge in [0.15, 0.2) is 0 Å². The Bertz CT molecular complexity index is 984. The van der Waals surface area contributed by atoms with Gasteiger partial charge in [-0.15, -0.1) is 0 Å². The molecule has 1 aliphatic heterocycles. The zero-order valence-corrected chi connectivity index (χ0v) is 18.5. The first-order valence-electron chi connectivity index (χ1n) is 10.9. The van der Waals surface area contributed by atoms with Crippen molar-refractivity contribution in [2.24, 2.45) is 0 Å². The Balaban J connectivity index is 1.36. The van der Waals surface area contributed by atoms with Gasteiger partial charge in [-0.1, -0.05) is 42.5 Å². The van der Waals surface area contributed by atoms with E-state index in [4.69, 9.17) is 9.47 Å². The lowest BCUT2D eigenvalue weighted by Gasteiger charge is -2.22. The minimum absolute atomic E-state index is 0.184. The molecule has 32 heavy (non-hydrogen) atoms. The summed E-state index contributed by atoms with van der Waals surface area (Å²) in [7, 11) is 0. The number of hydrogen-bond acceptors (Lipinski definition) is 5. The van der Waals surface area contributed by atoms with Gasteiger partial charge in [0, 0.05) is 25.4 Å². The number of alkyl halides is 2. The molecule has 2 aromatic rings. The van der Waals surface area contributed by atoms with Crippen LogP contribution in [-0.4, -0.2) is 47.6 Å². The highest BCUT2D eigenvalue weighted by Gasteiger charge is 2.38. The van der Waals surface area contributed by atoms with E-state index in [2.05, 4.69) is 5.32 Å². The summed E-state index contributed by atoms with van der Waals surface area (Å²) >= 11 is 0. The molecule has 0 bridgehead atoms. The number of hydrogen-bond donors (Lipinski definition) is 2. The Labute approximate surface area is 186 Å². The Morgan fingerprint density at radius 2 is 1.75 bits per heavy atom. The number of fused-ring (bicyclic) bond motifs is 1. The third-order valence-corrected chi connectivity index (χ3v) is 5.86. The molecule has 1 aliphatic carbocycles. The smallest absolute Gasteiger partial charge is 0.429 e. The molecule has 1 fully saturated rings. The molecule has 0 unspecified atom stereocenters. The molecule has 0 amide bonds. The molecule has 172 valence electrons. The fourth-order valence-corrected chi connectivity index (χ4v) is 4.32. The van der Waals surface area contributed by atoms with Crippen LogP contribution in [0.3, 0.4) is 0 Å². The summed E-state index contributed by atoms with van der Waals surface area (Å²) in [4.78, 5) is 11.9. The van der Waals surface area contributed by atoms with Gasteiger partial charge in [-0.05, 0) is 55.0 Å². The van der Waals surface area contributed by atoms with E-state index in [1.165, 1.54) is 0 Å².